The summed E-state index contributed by atoms with van der Waals surface area (Å²) in [6.07, 6.45) is 2.03. The Morgan fingerprint density at radius 1 is 1.38 bits per heavy atom. The topological polar surface area (TPSA) is 29.1 Å². The van der Waals surface area contributed by atoms with Crippen molar-refractivity contribution in [1.82, 2.24) is 5.32 Å². The van der Waals surface area contributed by atoms with Crippen molar-refractivity contribution < 1.29 is 4.79 Å². The minimum atomic E-state index is -0.347. The van der Waals surface area contributed by atoms with E-state index in [1.807, 2.05) is 26.0 Å². The minimum absolute atomic E-state index is 0.238. The molecule has 2 rings (SSSR count). The number of ketones is 1. The lowest BCUT2D eigenvalue weighted by molar-refractivity contribution is 0.0883. The molecule has 1 atom stereocenters. The third kappa shape index (κ3) is 1.90. The van der Waals surface area contributed by atoms with Crippen LogP contribution in [0.2, 0.25) is 0 Å². The molecule has 1 unspecified atom stereocenters. The highest BCUT2D eigenvalue weighted by Gasteiger charge is 2.36. The van der Waals surface area contributed by atoms with Crippen LogP contribution in [-0.4, -0.2) is 17.9 Å². The molecule has 86 valence electrons. The summed E-state index contributed by atoms with van der Waals surface area (Å²) in [7, 11) is 0. The van der Waals surface area contributed by atoms with Crippen molar-refractivity contribution in [1.29, 1.82) is 0 Å². The lowest BCUT2D eigenvalue weighted by atomic mass is 9.87. The lowest BCUT2D eigenvalue weighted by Gasteiger charge is -2.23. The van der Waals surface area contributed by atoms with Crippen LogP contribution in [0, 0.1) is 13.8 Å². The standard InChI is InChI=1S/C14H19NO/c1-10-5-6-12(11(2)9-10)13(16)14(3)7-4-8-15-14/h5-6,9,15H,4,7-8H2,1-3H3. The summed E-state index contributed by atoms with van der Waals surface area (Å²) >= 11 is 0. The second kappa shape index (κ2) is 4.02. The fourth-order valence-electron chi connectivity index (χ4n) is 2.45. The van der Waals surface area contributed by atoms with Crippen LogP contribution in [0.5, 0.6) is 0 Å². The smallest absolute Gasteiger partial charge is 0.182 e. The van der Waals surface area contributed by atoms with Gasteiger partial charge in [0.2, 0.25) is 0 Å². The van der Waals surface area contributed by atoms with Crippen molar-refractivity contribution in [3.63, 3.8) is 0 Å². The Morgan fingerprint density at radius 2 is 2.12 bits per heavy atom. The third-order valence-electron chi connectivity index (χ3n) is 3.50. The van der Waals surface area contributed by atoms with Gasteiger partial charge in [0.1, 0.15) is 0 Å². The largest absolute Gasteiger partial charge is 0.305 e. The zero-order chi connectivity index (χ0) is 11.8. The molecule has 0 amide bonds. The Bertz CT molecular complexity index is 417. The molecule has 1 fully saturated rings. The second-order valence-electron chi connectivity index (χ2n) is 5.01. The van der Waals surface area contributed by atoms with Crippen LogP contribution in [0.1, 0.15) is 41.3 Å². The minimum Gasteiger partial charge on any atom is -0.305 e. The molecule has 1 aliphatic rings. The summed E-state index contributed by atoms with van der Waals surface area (Å²) in [5.74, 6) is 0.238. The van der Waals surface area contributed by atoms with E-state index < -0.39 is 0 Å². The van der Waals surface area contributed by atoms with Gasteiger partial charge in [-0.05, 0) is 45.7 Å². The van der Waals surface area contributed by atoms with Gasteiger partial charge in [0.25, 0.3) is 0 Å². The van der Waals surface area contributed by atoms with Crippen molar-refractivity contribution in [3.05, 3.63) is 34.9 Å². The first-order valence-electron chi connectivity index (χ1n) is 5.90. The van der Waals surface area contributed by atoms with Gasteiger partial charge in [-0.15, -0.1) is 0 Å². The average molecular weight is 217 g/mol. The summed E-state index contributed by atoms with van der Waals surface area (Å²) in [4.78, 5) is 12.4. The molecule has 0 saturated carbocycles. The van der Waals surface area contributed by atoms with E-state index >= 15 is 0 Å². The Morgan fingerprint density at radius 3 is 2.69 bits per heavy atom. The molecule has 2 heteroatoms. The molecule has 0 radical (unpaired) electrons. The maximum Gasteiger partial charge on any atom is 0.182 e. The van der Waals surface area contributed by atoms with Gasteiger partial charge < -0.3 is 5.32 Å². The van der Waals surface area contributed by atoms with Gasteiger partial charge in [0.05, 0.1) is 5.54 Å². The summed E-state index contributed by atoms with van der Waals surface area (Å²) in [5.41, 5.74) is 2.81. The average Bonchev–Trinajstić information content (AvgIpc) is 2.66. The Kier molecular flexibility index (Phi) is 2.85. The number of hydrogen-bond donors (Lipinski definition) is 1. The predicted octanol–water partition coefficient (Wildman–Crippen LogP) is 2.63. The number of nitrogens with one attached hydrogen (secondary N) is 1. The number of Topliss-reactive ketones (excluding diaryl/α,β-unsaturated/α-hetero) is 1. The highest BCUT2D eigenvalue weighted by Crippen LogP contribution is 2.25. The van der Waals surface area contributed by atoms with Crippen LogP contribution < -0.4 is 5.32 Å². The summed E-state index contributed by atoms with van der Waals surface area (Å²) in [6.45, 7) is 7.03. The maximum atomic E-state index is 12.4. The van der Waals surface area contributed by atoms with Gasteiger partial charge in [0.15, 0.2) is 5.78 Å². The number of aryl methyl sites for hydroxylation is 2. The first-order valence-corrected chi connectivity index (χ1v) is 5.90. The fourth-order valence-corrected chi connectivity index (χ4v) is 2.45. The zero-order valence-electron chi connectivity index (χ0n) is 10.3. The molecule has 0 aliphatic carbocycles. The fraction of sp³-hybridized carbons (Fsp3) is 0.500. The molecule has 0 bridgehead atoms. The highest BCUT2D eigenvalue weighted by molar-refractivity contribution is 6.04. The molecule has 1 N–H and O–H groups in total. The van der Waals surface area contributed by atoms with Crippen molar-refractivity contribution >= 4 is 5.78 Å². The zero-order valence-corrected chi connectivity index (χ0v) is 10.3. The molecule has 1 aromatic carbocycles. The van der Waals surface area contributed by atoms with Gasteiger partial charge in [-0.25, -0.2) is 0 Å². The number of carbonyl (C=O) groups is 1. The SMILES string of the molecule is Cc1ccc(C(=O)C2(C)CCCN2)c(C)c1. The molecule has 1 aromatic rings. The van der Waals surface area contributed by atoms with Gasteiger partial charge in [0, 0.05) is 5.56 Å². The van der Waals surface area contributed by atoms with E-state index in [2.05, 4.69) is 18.3 Å². The quantitative estimate of drug-likeness (QED) is 0.772. The van der Waals surface area contributed by atoms with Crippen LogP contribution in [-0.2, 0) is 0 Å². The number of rotatable bonds is 2. The van der Waals surface area contributed by atoms with E-state index in [0.29, 0.717) is 0 Å². The molecule has 16 heavy (non-hydrogen) atoms. The normalized spacial score (nSPS) is 24.7. The van der Waals surface area contributed by atoms with E-state index in [1.54, 1.807) is 0 Å². The summed E-state index contributed by atoms with van der Waals surface area (Å²) < 4.78 is 0. The first kappa shape index (κ1) is 11.3. The van der Waals surface area contributed by atoms with Gasteiger partial charge in [-0.1, -0.05) is 23.8 Å². The molecule has 1 heterocycles. The van der Waals surface area contributed by atoms with Crippen LogP contribution in [0.4, 0.5) is 0 Å². The third-order valence-corrected chi connectivity index (χ3v) is 3.50. The molecular weight excluding hydrogens is 198 g/mol. The van der Waals surface area contributed by atoms with E-state index in [4.69, 9.17) is 0 Å². The van der Waals surface area contributed by atoms with E-state index in [9.17, 15) is 4.79 Å². The van der Waals surface area contributed by atoms with Crippen molar-refractivity contribution in [3.8, 4) is 0 Å². The summed E-state index contributed by atoms with van der Waals surface area (Å²) in [6, 6.07) is 6.04. The second-order valence-corrected chi connectivity index (χ2v) is 5.01. The van der Waals surface area contributed by atoms with Gasteiger partial charge in [-0.2, -0.15) is 0 Å². The van der Waals surface area contributed by atoms with Crippen molar-refractivity contribution in [2.24, 2.45) is 0 Å². The van der Waals surface area contributed by atoms with Crippen LogP contribution in [0.15, 0.2) is 18.2 Å². The lowest BCUT2D eigenvalue weighted by Crippen LogP contribution is -2.44. The first-order chi connectivity index (χ1) is 7.53. The molecule has 0 aromatic heterocycles. The van der Waals surface area contributed by atoms with E-state index in [1.165, 1.54) is 5.56 Å². The molecule has 1 saturated heterocycles. The van der Waals surface area contributed by atoms with E-state index in [0.717, 1.165) is 30.5 Å². The Labute approximate surface area is 97.1 Å². The number of hydrogen-bond acceptors (Lipinski definition) is 2. The van der Waals surface area contributed by atoms with E-state index in [-0.39, 0.29) is 11.3 Å². The predicted molar refractivity (Wildman–Crippen MR) is 65.9 cm³/mol. The van der Waals surface area contributed by atoms with Gasteiger partial charge in [-0.3, -0.25) is 4.79 Å². The van der Waals surface area contributed by atoms with Crippen LogP contribution in [0.25, 0.3) is 0 Å². The van der Waals surface area contributed by atoms with Crippen LogP contribution in [0.3, 0.4) is 0 Å². The highest BCUT2D eigenvalue weighted by atomic mass is 16.1. The summed E-state index contributed by atoms with van der Waals surface area (Å²) in [5, 5.41) is 3.32. The number of benzene rings is 1. The molecule has 1 aliphatic heterocycles. The molecular formula is C14H19NO. The maximum absolute atomic E-state index is 12.4. The van der Waals surface area contributed by atoms with Crippen molar-refractivity contribution in [2.75, 3.05) is 6.54 Å². The monoisotopic (exact) mass is 217 g/mol. The Balaban J connectivity index is 2.33. The number of carbonyl (C=O) groups excluding carboxylic acids is 1. The van der Waals surface area contributed by atoms with Crippen LogP contribution >= 0.6 is 0 Å². The molecule has 0 spiro atoms. The van der Waals surface area contributed by atoms with Crippen molar-refractivity contribution in [2.45, 2.75) is 39.2 Å². The molecule has 2 nitrogen and oxygen atoms in total. The van der Waals surface area contributed by atoms with Gasteiger partial charge >= 0.3 is 0 Å². The Hall–Kier alpha value is -1.15.